The molecule has 14 heteroatoms. The second kappa shape index (κ2) is 7.83. The van der Waals surface area contributed by atoms with E-state index in [1.54, 1.807) is 0 Å². The zero-order valence-corrected chi connectivity index (χ0v) is 17.7. The van der Waals surface area contributed by atoms with Crippen LogP contribution in [0.3, 0.4) is 0 Å². The van der Waals surface area contributed by atoms with E-state index >= 15 is 0 Å². The molecule has 0 bridgehead atoms. The lowest BCUT2D eigenvalue weighted by Crippen LogP contribution is -2.15. The van der Waals surface area contributed by atoms with Crippen LogP contribution in [0.2, 0.25) is 0 Å². The predicted molar refractivity (Wildman–Crippen MR) is 98.8 cm³/mol. The predicted octanol–water partition coefficient (Wildman–Crippen LogP) is 2.96. The number of alkyl halides is 3. The van der Waals surface area contributed by atoms with Gasteiger partial charge in [0.05, 0.1) is 16.5 Å². The molecule has 3 rings (SSSR count). The molecular weight excluding hydrogens is 497 g/mol. The zero-order chi connectivity index (χ0) is 22.3. The number of nitrogens with zero attached hydrogens (tertiary/aromatic N) is 4. The van der Waals surface area contributed by atoms with Crippen molar-refractivity contribution in [2.75, 3.05) is 13.4 Å². The Kier molecular flexibility index (Phi) is 5.73. The first-order valence-electron chi connectivity index (χ1n) is 7.96. The summed E-state index contributed by atoms with van der Waals surface area (Å²) in [4.78, 5) is 11.6. The number of ether oxygens (including phenoxy) is 1. The van der Waals surface area contributed by atoms with Gasteiger partial charge in [-0.2, -0.15) is 18.3 Å². The lowest BCUT2D eigenvalue weighted by Gasteiger charge is -2.03. The fourth-order valence-electron chi connectivity index (χ4n) is 2.42. The highest BCUT2D eigenvalue weighted by atomic mass is 79.9. The molecule has 0 saturated carbocycles. The summed E-state index contributed by atoms with van der Waals surface area (Å²) in [5, 5.41) is 10.9. The van der Waals surface area contributed by atoms with Gasteiger partial charge in [-0.3, -0.25) is 4.79 Å². The molecule has 0 aliphatic heterocycles. The van der Waals surface area contributed by atoms with E-state index in [-0.39, 0.29) is 27.9 Å². The van der Waals surface area contributed by atoms with Crippen LogP contribution in [-0.4, -0.2) is 47.7 Å². The van der Waals surface area contributed by atoms with E-state index in [0.717, 1.165) is 18.0 Å². The molecule has 30 heavy (non-hydrogen) atoms. The summed E-state index contributed by atoms with van der Waals surface area (Å²) in [6.07, 6.45) is -3.80. The van der Waals surface area contributed by atoms with Gasteiger partial charge in [-0.1, -0.05) is 6.07 Å². The van der Waals surface area contributed by atoms with Crippen molar-refractivity contribution in [1.82, 2.24) is 20.0 Å². The van der Waals surface area contributed by atoms with E-state index in [9.17, 15) is 26.4 Å². The van der Waals surface area contributed by atoms with Crippen LogP contribution in [0.15, 0.2) is 38.1 Å². The number of carbonyl (C=O) groups is 1. The zero-order valence-electron chi connectivity index (χ0n) is 15.3. The Morgan fingerprint density at radius 3 is 2.53 bits per heavy atom. The van der Waals surface area contributed by atoms with Gasteiger partial charge in [-0.05, 0) is 34.1 Å². The number of halogens is 4. The molecule has 2 aromatic heterocycles. The maximum Gasteiger partial charge on any atom is 0.436 e. The van der Waals surface area contributed by atoms with Gasteiger partial charge in [0.15, 0.2) is 15.5 Å². The molecule has 0 aliphatic carbocycles. The van der Waals surface area contributed by atoms with E-state index in [1.807, 2.05) is 0 Å². The van der Waals surface area contributed by atoms with Gasteiger partial charge in [0.25, 0.3) is 5.89 Å². The average Bonchev–Trinajstić information content (AvgIpc) is 3.25. The van der Waals surface area contributed by atoms with E-state index in [2.05, 4.69) is 36.0 Å². The van der Waals surface area contributed by atoms with E-state index in [1.165, 1.54) is 24.3 Å². The summed E-state index contributed by atoms with van der Waals surface area (Å²) in [5.74, 6) is -1.35. The second-order valence-corrected chi connectivity index (χ2v) is 8.76. The maximum atomic E-state index is 13.3. The topological polar surface area (TPSA) is 117 Å². The molecule has 0 atom stereocenters. The third-order valence-electron chi connectivity index (χ3n) is 3.81. The average molecular weight is 509 g/mol. The van der Waals surface area contributed by atoms with Crippen LogP contribution in [0.25, 0.3) is 23.0 Å². The summed E-state index contributed by atoms with van der Waals surface area (Å²) in [6, 6.07) is 5.60. The molecule has 0 radical (unpaired) electrons. The highest BCUT2D eigenvalue weighted by Crippen LogP contribution is 2.40. The molecule has 0 unspecified atom stereocenters. The SMILES string of the molecule is COC(=O)Cn1nc(C(F)(F)F)c(Br)c1-c1nnc(-c2cccc(S(C)(=O)=O)c2)o1. The fourth-order valence-corrected chi connectivity index (χ4v) is 3.77. The van der Waals surface area contributed by atoms with Crippen LogP contribution in [0, 0.1) is 0 Å². The maximum absolute atomic E-state index is 13.3. The summed E-state index contributed by atoms with van der Waals surface area (Å²) in [7, 11) is -2.44. The minimum Gasteiger partial charge on any atom is -0.468 e. The number of sulfone groups is 1. The Balaban J connectivity index is 2.11. The molecule has 0 amide bonds. The normalized spacial score (nSPS) is 12.2. The van der Waals surface area contributed by atoms with Crippen molar-refractivity contribution in [1.29, 1.82) is 0 Å². The summed E-state index contributed by atoms with van der Waals surface area (Å²) >= 11 is 2.83. The molecule has 0 saturated heterocycles. The molecule has 9 nitrogen and oxygen atoms in total. The third kappa shape index (κ3) is 4.38. The number of benzene rings is 1. The van der Waals surface area contributed by atoms with Crippen LogP contribution in [-0.2, 0) is 32.1 Å². The Labute approximate surface area is 175 Å². The first-order valence-corrected chi connectivity index (χ1v) is 10.6. The van der Waals surface area contributed by atoms with Gasteiger partial charge in [0.1, 0.15) is 12.2 Å². The van der Waals surface area contributed by atoms with Gasteiger partial charge >= 0.3 is 12.1 Å². The van der Waals surface area contributed by atoms with Gasteiger partial charge in [-0.15, -0.1) is 10.2 Å². The molecular formula is C16H12BrF3N4O5S. The monoisotopic (exact) mass is 508 g/mol. The number of aromatic nitrogens is 4. The van der Waals surface area contributed by atoms with Gasteiger partial charge in [0.2, 0.25) is 5.89 Å². The summed E-state index contributed by atoms with van der Waals surface area (Å²) in [5.41, 5.74) is -1.34. The fraction of sp³-hybridized carbons (Fsp3) is 0.250. The molecule has 0 N–H and O–H groups in total. The highest BCUT2D eigenvalue weighted by molar-refractivity contribution is 9.10. The molecule has 0 aliphatic rings. The van der Waals surface area contributed by atoms with Crippen molar-refractivity contribution in [3.05, 3.63) is 34.4 Å². The van der Waals surface area contributed by atoms with Crippen molar-refractivity contribution in [3.63, 3.8) is 0 Å². The molecule has 3 aromatic rings. The minimum atomic E-state index is -4.82. The van der Waals surface area contributed by atoms with Gasteiger partial charge in [0, 0.05) is 11.8 Å². The molecule has 160 valence electrons. The van der Waals surface area contributed by atoms with Crippen molar-refractivity contribution in [2.24, 2.45) is 0 Å². The number of esters is 1. The molecule has 0 fully saturated rings. The van der Waals surface area contributed by atoms with E-state index < -0.39 is 38.7 Å². The third-order valence-corrected chi connectivity index (χ3v) is 5.67. The highest BCUT2D eigenvalue weighted by Gasteiger charge is 2.40. The quantitative estimate of drug-likeness (QED) is 0.482. The number of hydrogen-bond donors (Lipinski definition) is 0. The molecule has 1 aromatic carbocycles. The van der Waals surface area contributed by atoms with Crippen molar-refractivity contribution < 1.29 is 35.5 Å². The van der Waals surface area contributed by atoms with Crippen LogP contribution in [0.1, 0.15) is 5.69 Å². The smallest absolute Gasteiger partial charge is 0.436 e. The number of carbonyl (C=O) groups excluding carboxylic acids is 1. The number of methoxy groups -OCH3 is 1. The first kappa shape index (κ1) is 22.0. The largest absolute Gasteiger partial charge is 0.468 e. The van der Waals surface area contributed by atoms with Crippen molar-refractivity contribution >= 4 is 31.7 Å². The number of hydrogen-bond acceptors (Lipinski definition) is 8. The van der Waals surface area contributed by atoms with Crippen LogP contribution in [0.5, 0.6) is 0 Å². The Morgan fingerprint density at radius 1 is 1.27 bits per heavy atom. The minimum absolute atomic E-state index is 0.00368. The standard InChI is InChI=1S/C16H12BrF3N4O5S/c1-28-10(25)7-24-12(11(17)13(23-24)16(18,19)20)15-22-21-14(29-15)8-4-3-5-9(6-8)30(2,26)27/h3-6H,7H2,1-2H3. The molecule has 0 spiro atoms. The van der Waals surface area contributed by atoms with E-state index in [4.69, 9.17) is 4.42 Å². The Hall–Kier alpha value is -2.74. The van der Waals surface area contributed by atoms with Crippen LogP contribution < -0.4 is 0 Å². The van der Waals surface area contributed by atoms with Crippen LogP contribution in [0.4, 0.5) is 13.2 Å². The van der Waals surface area contributed by atoms with Crippen LogP contribution >= 0.6 is 15.9 Å². The number of rotatable bonds is 5. The van der Waals surface area contributed by atoms with Crippen molar-refractivity contribution in [3.8, 4) is 23.0 Å². The van der Waals surface area contributed by atoms with Gasteiger partial charge in [-0.25, -0.2) is 13.1 Å². The first-order chi connectivity index (χ1) is 13.9. The van der Waals surface area contributed by atoms with Gasteiger partial charge < -0.3 is 9.15 Å². The summed E-state index contributed by atoms with van der Waals surface area (Å²) < 4.78 is 73.4. The lowest BCUT2D eigenvalue weighted by molar-refractivity contribution is -0.144. The van der Waals surface area contributed by atoms with E-state index in [0.29, 0.717) is 0 Å². The molecule has 2 heterocycles. The Morgan fingerprint density at radius 2 is 1.93 bits per heavy atom. The Bertz CT molecular complexity index is 1220. The summed E-state index contributed by atoms with van der Waals surface area (Å²) in [6.45, 7) is -0.637. The second-order valence-electron chi connectivity index (χ2n) is 5.96. The lowest BCUT2D eigenvalue weighted by atomic mass is 10.2. The van der Waals surface area contributed by atoms with Crippen molar-refractivity contribution in [2.45, 2.75) is 17.6 Å².